The Kier molecular flexibility index (Phi) is 9.49. The maximum absolute atomic E-state index is 6.09. The molecule has 1 aromatic rings. The first-order valence-electron chi connectivity index (χ1n) is 9.34. The normalized spacial score (nSPS) is 18.6. The van der Waals surface area contributed by atoms with Crippen molar-refractivity contribution in [3.8, 4) is 5.75 Å². The summed E-state index contributed by atoms with van der Waals surface area (Å²) in [6, 6.07) is 8.26. The molecule has 3 rings (SSSR count). The molecule has 1 saturated carbocycles. The molecule has 2 aliphatic rings. The Bertz CT molecular complexity index is 560. The van der Waals surface area contributed by atoms with E-state index in [-0.39, 0.29) is 24.0 Å². The van der Waals surface area contributed by atoms with Crippen LogP contribution in [0.1, 0.15) is 24.8 Å². The zero-order chi connectivity index (χ0) is 17.3. The fourth-order valence-corrected chi connectivity index (χ4v) is 2.99. The van der Waals surface area contributed by atoms with E-state index in [1.165, 1.54) is 24.8 Å². The van der Waals surface area contributed by atoms with Crippen LogP contribution in [0, 0.1) is 0 Å². The molecule has 1 aromatic carbocycles. The first kappa shape index (κ1) is 21.2. The molecule has 2 fully saturated rings. The summed E-state index contributed by atoms with van der Waals surface area (Å²) in [5.41, 5.74) is 1.17. The first-order chi connectivity index (χ1) is 12.3. The summed E-state index contributed by atoms with van der Waals surface area (Å²) in [6.45, 7) is 6.29. The minimum atomic E-state index is 0. The molecular weight excluding hydrogens is 443 g/mol. The van der Waals surface area contributed by atoms with Gasteiger partial charge in [-0.1, -0.05) is 18.2 Å². The number of para-hydroxylation sites is 1. The second-order valence-electron chi connectivity index (χ2n) is 6.59. The highest BCUT2D eigenvalue weighted by Crippen LogP contribution is 2.27. The van der Waals surface area contributed by atoms with Crippen molar-refractivity contribution in [1.82, 2.24) is 15.5 Å². The Morgan fingerprint density at radius 2 is 2.00 bits per heavy atom. The van der Waals surface area contributed by atoms with E-state index >= 15 is 0 Å². The van der Waals surface area contributed by atoms with Crippen LogP contribution in [-0.4, -0.2) is 63.4 Å². The average Bonchev–Trinajstić information content (AvgIpc) is 2.63. The predicted molar refractivity (Wildman–Crippen MR) is 116 cm³/mol. The van der Waals surface area contributed by atoms with Gasteiger partial charge in [0.15, 0.2) is 5.96 Å². The van der Waals surface area contributed by atoms with Crippen molar-refractivity contribution in [3.05, 3.63) is 29.8 Å². The van der Waals surface area contributed by atoms with Gasteiger partial charge in [-0.3, -0.25) is 9.89 Å². The molecule has 1 aliphatic heterocycles. The number of guanidine groups is 1. The summed E-state index contributed by atoms with van der Waals surface area (Å²) in [5.74, 6) is 1.81. The Labute approximate surface area is 173 Å². The van der Waals surface area contributed by atoms with Gasteiger partial charge in [-0.15, -0.1) is 24.0 Å². The van der Waals surface area contributed by atoms with Gasteiger partial charge >= 0.3 is 0 Å². The van der Waals surface area contributed by atoms with Crippen molar-refractivity contribution in [2.45, 2.75) is 31.9 Å². The smallest absolute Gasteiger partial charge is 0.191 e. The van der Waals surface area contributed by atoms with Crippen LogP contribution in [-0.2, 0) is 11.3 Å². The van der Waals surface area contributed by atoms with Gasteiger partial charge < -0.3 is 20.1 Å². The molecule has 1 aliphatic carbocycles. The van der Waals surface area contributed by atoms with Crippen molar-refractivity contribution in [1.29, 1.82) is 0 Å². The summed E-state index contributed by atoms with van der Waals surface area (Å²) in [5, 5.41) is 6.77. The van der Waals surface area contributed by atoms with E-state index in [0.717, 1.165) is 51.1 Å². The van der Waals surface area contributed by atoms with Gasteiger partial charge in [-0.05, 0) is 25.3 Å². The van der Waals surface area contributed by atoms with E-state index in [4.69, 9.17) is 9.47 Å². The lowest BCUT2D eigenvalue weighted by atomic mass is 9.96. The van der Waals surface area contributed by atoms with Crippen LogP contribution in [0.25, 0.3) is 0 Å². The summed E-state index contributed by atoms with van der Waals surface area (Å²) < 4.78 is 11.5. The molecule has 0 amide bonds. The lowest BCUT2D eigenvalue weighted by molar-refractivity contribution is 0.0389. The number of hydrogen-bond donors (Lipinski definition) is 2. The van der Waals surface area contributed by atoms with Crippen molar-refractivity contribution >= 4 is 29.9 Å². The molecule has 1 heterocycles. The van der Waals surface area contributed by atoms with E-state index < -0.39 is 0 Å². The number of benzene rings is 1. The Balaban J connectivity index is 0.00000243. The van der Waals surface area contributed by atoms with Gasteiger partial charge in [-0.25, -0.2) is 0 Å². The van der Waals surface area contributed by atoms with E-state index in [9.17, 15) is 0 Å². The highest BCUT2D eigenvalue weighted by molar-refractivity contribution is 14.0. The van der Waals surface area contributed by atoms with Gasteiger partial charge in [-0.2, -0.15) is 0 Å². The van der Waals surface area contributed by atoms with Crippen LogP contribution in [0.15, 0.2) is 29.3 Å². The maximum atomic E-state index is 6.09. The van der Waals surface area contributed by atoms with Crippen molar-refractivity contribution in [2.75, 3.05) is 46.4 Å². The lowest BCUT2D eigenvalue weighted by Gasteiger charge is -2.28. The third kappa shape index (κ3) is 6.59. The highest BCUT2D eigenvalue weighted by Gasteiger charge is 2.20. The zero-order valence-electron chi connectivity index (χ0n) is 15.6. The number of morpholine rings is 1. The second kappa shape index (κ2) is 11.6. The second-order valence-corrected chi connectivity index (χ2v) is 6.59. The molecule has 0 atom stereocenters. The number of halogens is 1. The fraction of sp³-hybridized carbons (Fsp3) is 0.632. The molecular formula is C19H31IN4O2. The number of ether oxygens (including phenoxy) is 2. The molecule has 0 radical (unpaired) electrons. The van der Waals surface area contributed by atoms with Crippen molar-refractivity contribution < 1.29 is 9.47 Å². The molecule has 6 nitrogen and oxygen atoms in total. The predicted octanol–water partition coefficient (Wildman–Crippen LogP) is 2.23. The van der Waals surface area contributed by atoms with Gasteiger partial charge in [0.2, 0.25) is 0 Å². The van der Waals surface area contributed by atoms with Crippen LogP contribution < -0.4 is 15.4 Å². The van der Waals surface area contributed by atoms with Crippen LogP contribution in [0.4, 0.5) is 0 Å². The molecule has 0 aromatic heterocycles. The van der Waals surface area contributed by atoms with Crippen LogP contribution in [0.5, 0.6) is 5.75 Å². The Hall–Kier alpha value is -1.06. The number of aliphatic imine (C=N–C) groups is 1. The molecule has 2 N–H and O–H groups in total. The zero-order valence-corrected chi connectivity index (χ0v) is 17.9. The van der Waals surface area contributed by atoms with Crippen LogP contribution in [0.2, 0.25) is 0 Å². The SMILES string of the molecule is CN=C(NCCN1CCOCC1)NCc1ccccc1OC1CCC1.I. The molecule has 0 unspecified atom stereocenters. The molecule has 0 bridgehead atoms. The Morgan fingerprint density at radius 1 is 1.23 bits per heavy atom. The molecule has 1 saturated heterocycles. The standard InChI is InChI=1S/C19H30N4O2.HI/c1-20-19(21-9-10-23-11-13-24-14-12-23)22-15-16-5-2-3-8-18(16)25-17-6-4-7-17;/h2-3,5,8,17H,4,6-7,9-15H2,1H3,(H2,20,21,22);1H. The third-order valence-electron chi connectivity index (χ3n) is 4.81. The molecule has 26 heavy (non-hydrogen) atoms. The lowest BCUT2D eigenvalue weighted by Crippen LogP contribution is -2.44. The maximum Gasteiger partial charge on any atom is 0.191 e. The average molecular weight is 474 g/mol. The van der Waals surface area contributed by atoms with Crippen molar-refractivity contribution in [2.24, 2.45) is 4.99 Å². The van der Waals surface area contributed by atoms with Gasteiger partial charge in [0.05, 0.1) is 19.3 Å². The van der Waals surface area contributed by atoms with Gasteiger partial charge in [0, 0.05) is 45.3 Å². The largest absolute Gasteiger partial charge is 0.490 e. The monoisotopic (exact) mass is 474 g/mol. The molecule has 0 spiro atoms. The summed E-state index contributed by atoms with van der Waals surface area (Å²) in [4.78, 5) is 6.72. The first-order valence-corrected chi connectivity index (χ1v) is 9.34. The Morgan fingerprint density at radius 3 is 2.69 bits per heavy atom. The third-order valence-corrected chi connectivity index (χ3v) is 4.81. The van der Waals surface area contributed by atoms with Crippen LogP contribution in [0.3, 0.4) is 0 Å². The van der Waals surface area contributed by atoms with Gasteiger partial charge in [0.1, 0.15) is 5.75 Å². The summed E-state index contributed by atoms with van der Waals surface area (Å²) in [6.07, 6.45) is 4.02. The van der Waals surface area contributed by atoms with E-state index in [1.807, 2.05) is 6.07 Å². The number of rotatable bonds is 7. The summed E-state index contributed by atoms with van der Waals surface area (Å²) >= 11 is 0. The minimum Gasteiger partial charge on any atom is -0.490 e. The molecule has 146 valence electrons. The highest BCUT2D eigenvalue weighted by atomic mass is 127. The quantitative estimate of drug-likeness (QED) is 0.361. The van der Waals surface area contributed by atoms with Crippen molar-refractivity contribution in [3.63, 3.8) is 0 Å². The minimum absolute atomic E-state index is 0. The number of nitrogens with zero attached hydrogens (tertiary/aromatic N) is 2. The topological polar surface area (TPSA) is 58.1 Å². The van der Waals surface area contributed by atoms with E-state index in [0.29, 0.717) is 12.6 Å². The summed E-state index contributed by atoms with van der Waals surface area (Å²) in [7, 11) is 1.81. The van der Waals surface area contributed by atoms with E-state index in [2.05, 4.69) is 38.7 Å². The number of hydrogen-bond acceptors (Lipinski definition) is 4. The fourth-order valence-electron chi connectivity index (χ4n) is 2.99. The van der Waals surface area contributed by atoms with Gasteiger partial charge in [0.25, 0.3) is 0 Å². The molecule has 7 heteroatoms. The van der Waals surface area contributed by atoms with Crippen LogP contribution >= 0.6 is 24.0 Å². The van der Waals surface area contributed by atoms with E-state index in [1.54, 1.807) is 7.05 Å². The number of nitrogens with one attached hydrogen (secondary N) is 2.